The van der Waals surface area contributed by atoms with E-state index in [1.54, 1.807) is 7.11 Å². The van der Waals surface area contributed by atoms with Crippen LogP contribution in [0.4, 0.5) is 0 Å². The van der Waals surface area contributed by atoms with E-state index < -0.39 is 0 Å². The van der Waals surface area contributed by atoms with E-state index in [9.17, 15) is 0 Å². The van der Waals surface area contributed by atoms with Crippen molar-refractivity contribution in [3.05, 3.63) is 35.9 Å². The monoisotopic (exact) mass is 263 g/mol. The number of nitrogens with one attached hydrogen (secondary N) is 1. The normalized spacial score (nSPS) is 12.0. The van der Waals surface area contributed by atoms with Gasteiger partial charge in [0.25, 0.3) is 0 Å². The molecule has 19 heavy (non-hydrogen) atoms. The number of benzene rings is 1. The summed E-state index contributed by atoms with van der Waals surface area (Å²) in [6, 6.07) is 6.20. The van der Waals surface area contributed by atoms with Crippen LogP contribution in [0.3, 0.4) is 0 Å². The Labute approximate surface area is 116 Å². The van der Waals surface area contributed by atoms with Gasteiger partial charge >= 0.3 is 0 Å². The molecule has 1 aromatic carbocycles. The number of ether oxygens (including phenoxy) is 2. The minimum absolute atomic E-state index is 0.251. The van der Waals surface area contributed by atoms with Crippen molar-refractivity contribution in [1.29, 1.82) is 0 Å². The SMILES string of the molecule is C=C(CC)COc1cc(OC)ccc1C(C)NCC. The van der Waals surface area contributed by atoms with Gasteiger partial charge < -0.3 is 14.8 Å². The maximum atomic E-state index is 5.88. The van der Waals surface area contributed by atoms with Gasteiger partial charge in [-0.25, -0.2) is 0 Å². The van der Waals surface area contributed by atoms with Gasteiger partial charge in [0.2, 0.25) is 0 Å². The number of hydrogen-bond donors (Lipinski definition) is 1. The van der Waals surface area contributed by atoms with Gasteiger partial charge in [-0.3, -0.25) is 0 Å². The summed E-state index contributed by atoms with van der Waals surface area (Å²) in [5.74, 6) is 1.67. The van der Waals surface area contributed by atoms with Crippen LogP contribution < -0.4 is 14.8 Å². The molecule has 0 aliphatic heterocycles. The van der Waals surface area contributed by atoms with Crippen molar-refractivity contribution in [3.8, 4) is 11.5 Å². The largest absolute Gasteiger partial charge is 0.497 e. The van der Waals surface area contributed by atoms with Crippen LogP contribution in [0.1, 0.15) is 38.8 Å². The molecular weight excluding hydrogens is 238 g/mol. The molecule has 106 valence electrons. The highest BCUT2D eigenvalue weighted by molar-refractivity contribution is 5.42. The molecule has 1 rings (SSSR count). The highest BCUT2D eigenvalue weighted by Crippen LogP contribution is 2.30. The Bertz CT molecular complexity index is 415. The lowest BCUT2D eigenvalue weighted by Gasteiger charge is -2.19. The maximum Gasteiger partial charge on any atom is 0.128 e. The summed E-state index contributed by atoms with van der Waals surface area (Å²) in [5.41, 5.74) is 2.23. The van der Waals surface area contributed by atoms with Crippen LogP contribution >= 0.6 is 0 Å². The molecule has 0 radical (unpaired) electrons. The minimum Gasteiger partial charge on any atom is -0.497 e. The summed E-state index contributed by atoms with van der Waals surface area (Å²) in [5, 5.41) is 3.40. The van der Waals surface area contributed by atoms with Gasteiger partial charge in [-0.15, -0.1) is 0 Å². The fraction of sp³-hybridized carbons (Fsp3) is 0.500. The standard InChI is InChI=1S/C16H25NO2/c1-6-12(3)11-19-16-10-14(18-5)8-9-15(16)13(4)17-7-2/h8-10,13,17H,3,6-7,11H2,1-2,4-5H3. The zero-order chi connectivity index (χ0) is 14.3. The van der Waals surface area contributed by atoms with Crippen LogP contribution in [-0.4, -0.2) is 20.3 Å². The molecule has 1 unspecified atom stereocenters. The Morgan fingerprint density at radius 2 is 2.11 bits per heavy atom. The first-order chi connectivity index (χ1) is 9.12. The van der Waals surface area contributed by atoms with Crippen LogP contribution in [0.15, 0.2) is 30.4 Å². The van der Waals surface area contributed by atoms with Crippen molar-refractivity contribution in [2.24, 2.45) is 0 Å². The average molecular weight is 263 g/mol. The summed E-state index contributed by atoms with van der Waals surface area (Å²) in [4.78, 5) is 0. The van der Waals surface area contributed by atoms with Crippen LogP contribution in [0.25, 0.3) is 0 Å². The topological polar surface area (TPSA) is 30.5 Å². The Morgan fingerprint density at radius 1 is 1.37 bits per heavy atom. The molecule has 0 aromatic heterocycles. The molecule has 0 amide bonds. The lowest BCUT2D eigenvalue weighted by atomic mass is 10.1. The van der Waals surface area contributed by atoms with Crippen molar-refractivity contribution < 1.29 is 9.47 Å². The number of hydrogen-bond acceptors (Lipinski definition) is 3. The third-order valence-electron chi connectivity index (χ3n) is 3.13. The first kappa shape index (κ1) is 15.6. The van der Waals surface area contributed by atoms with Gasteiger partial charge in [-0.1, -0.05) is 26.5 Å². The van der Waals surface area contributed by atoms with Gasteiger partial charge in [-0.05, 0) is 31.5 Å². The zero-order valence-corrected chi connectivity index (χ0v) is 12.5. The second kappa shape index (κ2) is 7.85. The Hall–Kier alpha value is -1.48. The number of methoxy groups -OCH3 is 1. The third-order valence-corrected chi connectivity index (χ3v) is 3.13. The molecule has 0 fully saturated rings. The lowest BCUT2D eigenvalue weighted by molar-refractivity contribution is 0.336. The summed E-state index contributed by atoms with van der Waals surface area (Å²) in [6.45, 7) is 11.8. The average Bonchev–Trinajstić information content (AvgIpc) is 2.44. The molecule has 0 aliphatic rings. The zero-order valence-electron chi connectivity index (χ0n) is 12.5. The molecule has 0 saturated carbocycles. The second-order valence-electron chi connectivity index (χ2n) is 4.58. The van der Waals surface area contributed by atoms with Gasteiger partial charge in [0.1, 0.15) is 18.1 Å². The summed E-state index contributed by atoms with van der Waals surface area (Å²) in [6.07, 6.45) is 0.933. The first-order valence-corrected chi connectivity index (χ1v) is 6.83. The predicted octanol–water partition coefficient (Wildman–Crippen LogP) is 3.71. The third kappa shape index (κ3) is 4.60. The van der Waals surface area contributed by atoms with Crippen LogP contribution in [0.2, 0.25) is 0 Å². The Balaban J connectivity index is 2.91. The molecule has 3 heteroatoms. The van der Waals surface area contributed by atoms with E-state index in [1.165, 1.54) is 0 Å². The van der Waals surface area contributed by atoms with Crippen LogP contribution in [0, 0.1) is 0 Å². The van der Waals surface area contributed by atoms with Crippen LogP contribution in [-0.2, 0) is 0 Å². The summed E-state index contributed by atoms with van der Waals surface area (Å²) >= 11 is 0. The van der Waals surface area contributed by atoms with Crippen molar-refractivity contribution in [3.63, 3.8) is 0 Å². The maximum absolute atomic E-state index is 5.88. The quantitative estimate of drug-likeness (QED) is 0.725. The van der Waals surface area contributed by atoms with Crippen molar-refractivity contribution in [2.45, 2.75) is 33.2 Å². The van der Waals surface area contributed by atoms with Crippen molar-refractivity contribution >= 4 is 0 Å². The molecule has 0 heterocycles. The van der Waals surface area contributed by atoms with Gasteiger partial charge in [0.15, 0.2) is 0 Å². The van der Waals surface area contributed by atoms with E-state index in [0.29, 0.717) is 6.61 Å². The van der Waals surface area contributed by atoms with E-state index in [0.717, 1.165) is 35.6 Å². The highest BCUT2D eigenvalue weighted by Gasteiger charge is 2.12. The summed E-state index contributed by atoms with van der Waals surface area (Å²) in [7, 11) is 1.66. The predicted molar refractivity (Wildman–Crippen MR) is 80.0 cm³/mol. The Kier molecular flexibility index (Phi) is 6.43. The molecule has 0 bridgehead atoms. The van der Waals surface area contributed by atoms with Gasteiger partial charge in [-0.2, -0.15) is 0 Å². The van der Waals surface area contributed by atoms with E-state index >= 15 is 0 Å². The molecular formula is C16H25NO2. The fourth-order valence-electron chi connectivity index (χ4n) is 1.82. The van der Waals surface area contributed by atoms with Crippen LogP contribution in [0.5, 0.6) is 11.5 Å². The molecule has 1 atom stereocenters. The van der Waals surface area contributed by atoms with E-state index in [4.69, 9.17) is 9.47 Å². The highest BCUT2D eigenvalue weighted by atomic mass is 16.5. The smallest absolute Gasteiger partial charge is 0.128 e. The molecule has 0 spiro atoms. The molecule has 0 saturated heterocycles. The van der Waals surface area contributed by atoms with E-state index in [2.05, 4.69) is 38.7 Å². The van der Waals surface area contributed by atoms with Gasteiger partial charge in [0.05, 0.1) is 7.11 Å². The second-order valence-corrected chi connectivity index (χ2v) is 4.58. The molecule has 1 N–H and O–H groups in total. The van der Waals surface area contributed by atoms with Gasteiger partial charge in [0, 0.05) is 17.7 Å². The summed E-state index contributed by atoms with van der Waals surface area (Å²) < 4.78 is 11.1. The molecule has 3 nitrogen and oxygen atoms in total. The van der Waals surface area contributed by atoms with Crippen molar-refractivity contribution in [1.82, 2.24) is 5.32 Å². The van der Waals surface area contributed by atoms with E-state index in [1.807, 2.05) is 12.1 Å². The molecule has 1 aromatic rings. The first-order valence-electron chi connectivity index (χ1n) is 6.83. The number of rotatable bonds is 8. The van der Waals surface area contributed by atoms with E-state index in [-0.39, 0.29) is 6.04 Å². The van der Waals surface area contributed by atoms with Crippen molar-refractivity contribution in [2.75, 3.05) is 20.3 Å². The Morgan fingerprint density at radius 3 is 2.68 bits per heavy atom. The minimum atomic E-state index is 0.251. The molecule has 0 aliphatic carbocycles. The lowest BCUT2D eigenvalue weighted by Crippen LogP contribution is -2.18. The fourth-order valence-corrected chi connectivity index (χ4v) is 1.82.